The van der Waals surface area contributed by atoms with E-state index in [-0.39, 0.29) is 0 Å². The molecule has 1 atom stereocenters. The Morgan fingerprint density at radius 2 is 2.21 bits per heavy atom. The Morgan fingerprint density at radius 1 is 1.47 bits per heavy atom. The summed E-state index contributed by atoms with van der Waals surface area (Å²) in [4.78, 5) is 4.00. The first-order chi connectivity index (χ1) is 8.96. The molecular weight excluding hydrogens is 252 g/mol. The molecule has 19 heavy (non-hydrogen) atoms. The Kier molecular flexibility index (Phi) is 5.04. The fraction of sp³-hybridized carbons (Fsp3) is 0.750. The van der Waals surface area contributed by atoms with Gasteiger partial charge in [-0.2, -0.15) is 0 Å². The maximum atomic E-state index is 3.66. The molecule has 0 aliphatic heterocycles. The number of rotatable bonds is 8. The van der Waals surface area contributed by atoms with Gasteiger partial charge in [-0.25, -0.2) is 0 Å². The van der Waals surface area contributed by atoms with E-state index in [0.29, 0.717) is 11.5 Å². The van der Waals surface area contributed by atoms with Crippen molar-refractivity contribution in [2.45, 2.75) is 52.1 Å². The lowest BCUT2D eigenvalue weighted by molar-refractivity contribution is 0.165. The van der Waals surface area contributed by atoms with Crippen LogP contribution in [0.25, 0.3) is 0 Å². The van der Waals surface area contributed by atoms with Crippen molar-refractivity contribution < 1.29 is 0 Å². The third kappa shape index (κ3) is 5.25. The van der Waals surface area contributed by atoms with Crippen LogP contribution >= 0.6 is 11.3 Å². The van der Waals surface area contributed by atoms with Gasteiger partial charge in [0, 0.05) is 30.1 Å². The van der Waals surface area contributed by atoms with Gasteiger partial charge in [0.05, 0.1) is 0 Å². The van der Waals surface area contributed by atoms with Gasteiger partial charge in [-0.15, -0.1) is 11.3 Å². The Bertz CT molecular complexity index is 368. The fourth-order valence-electron chi connectivity index (χ4n) is 2.47. The van der Waals surface area contributed by atoms with Crippen LogP contribution in [0.1, 0.15) is 38.5 Å². The molecule has 0 saturated heterocycles. The van der Waals surface area contributed by atoms with Gasteiger partial charge in [0.2, 0.25) is 0 Å². The van der Waals surface area contributed by atoms with E-state index < -0.39 is 0 Å². The van der Waals surface area contributed by atoms with E-state index in [1.54, 1.807) is 0 Å². The van der Waals surface area contributed by atoms with Crippen molar-refractivity contribution in [3.8, 4) is 0 Å². The van der Waals surface area contributed by atoms with Gasteiger partial charge in [0.25, 0.3) is 0 Å². The summed E-state index contributed by atoms with van der Waals surface area (Å²) in [5.41, 5.74) is 0.348. The molecule has 1 saturated carbocycles. The zero-order valence-electron chi connectivity index (χ0n) is 12.8. The third-order valence-corrected chi connectivity index (χ3v) is 4.85. The minimum atomic E-state index is 0.348. The summed E-state index contributed by atoms with van der Waals surface area (Å²) in [6.07, 6.45) is 3.92. The van der Waals surface area contributed by atoms with Crippen molar-refractivity contribution in [3.05, 3.63) is 22.4 Å². The monoisotopic (exact) mass is 280 g/mol. The molecule has 1 heterocycles. The Morgan fingerprint density at radius 3 is 2.79 bits per heavy atom. The van der Waals surface area contributed by atoms with Crippen LogP contribution in [-0.2, 0) is 6.42 Å². The van der Waals surface area contributed by atoms with Crippen LogP contribution in [0, 0.1) is 5.41 Å². The van der Waals surface area contributed by atoms with E-state index in [0.717, 1.165) is 19.1 Å². The molecule has 2 nitrogen and oxygen atoms in total. The molecule has 1 aromatic heterocycles. The van der Waals surface area contributed by atoms with Crippen molar-refractivity contribution in [2.75, 3.05) is 20.1 Å². The topological polar surface area (TPSA) is 15.3 Å². The van der Waals surface area contributed by atoms with Gasteiger partial charge in [-0.3, -0.25) is 0 Å². The molecule has 1 aromatic rings. The van der Waals surface area contributed by atoms with Crippen LogP contribution < -0.4 is 5.32 Å². The van der Waals surface area contributed by atoms with Gasteiger partial charge in [0.15, 0.2) is 0 Å². The van der Waals surface area contributed by atoms with Crippen molar-refractivity contribution in [2.24, 2.45) is 5.41 Å². The van der Waals surface area contributed by atoms with Crippen LogP contribution in [0.15, 0.2) is 17.5 Å². The number of hydrogen-bond donors (Lipinski definition) is 1. The van der Waals surface area contributed by atoms with Crippen molar-refractivity contribution in [1.29, 1.82) is 0 Å². The lowest BCUT2D eigenvalue weighted by Crippen LogP contribution is -2.43. The summed E-state index contributed by atoms with van der Waals surface area (Å²) in [6.45, 7) is 9.37. The molecule has 1 aliphatic carbocycles. The standard InChI is InChI=1S/C16H28N2S/c1-13(10-15-6-5-9-19-15)18(4)12-16(2,3)11-17-14-7-8-14/h5-6,9,13-14,17H,7-8,10-12H2,1-4H3. The third-order valence-electron chi connectivity index (χ3n) is 3.95. The molecule has 2 rings (SSSR count). The highest BCUT2D eigenvalue weighted by Crippen LogP contribution is 2.23. The highest BCUT2D eigenvalue weighted by molar-refractivity contribution is 7.09. The minimum absolute atomic E-state index is 0.348. The van der Waals surface area contributed by atoms with Crippen LogP contribution in [0.2, 0.25) is 0 Å². The normalized spacial score (nSPS) is 17.9. The Labute approximate surface area is 122 Å². The average Bonchev–Trinajstić information content (AvgIpc) is 3.04. The highest BCUT2D eigenvalue weighted by atomic mass is 32.1. The maximum absolute atomic E-state index is 3.66. The van der Waals surface area contributed by atoms with E-state index >= 15 is 0 Å². The van der Waals surface area contributed by atoms with Gasteiger partial charge in [-0.1, -0.05) is 19.9 Å². The van der Waals surface area contributed by atoms with E-state index in [1.165, 1.54) is 24.1 Å². The first kappa shape index (κ1) is 15.0. The summed E-state index contributed by atoms with van der Waals surface area (Å²) in [5.74, 6) is 0. The van der Waals surface area contributed by atoms with Crippen LogP contribution in [-0.4, -0.2) is 37.1 Å². The SMILES string of the molecule is CC(Cc1cccs1)N(C)CC(C)(C)CNC1CC1. The summed E-state index contributed by atoms with van der Waals surface area (Å²) in [5, 5.41) is 5.83. The number of thiophene rings is 1. The van der Waals surface area contributed by atoms with Gasteiger partial charge >= 0.3 is 0 Å². The van der Waals surface area contributed by atoms with Crippen molar-refractivity contribution in [3.63, 3.8) is 0 Å². The fourth-order valence-corrected chi connectivity index (χ4v) is 3.30. The lowest BCUT2D eigenvalue weighted by atomic mass is 9.92. The van der Waals surface area contributed by atoms with E-state index in [4.69, 9.17) is 0 Å². The molecule has 0 amide bonds. The summed E-state index contributed by atoms with van der Waals surface area (Å²) in [6, 6.07) is 5.82. The van der Waals surface area contributed by atoms with Gasteiger partial charge in [-0.05, 0) is 50.1 Å². The van der Waals surface area contributed by atoms with E-state index in [2.05, 4.69) is 55.5 Å². The largest absolute Gasteiger partial charge is 0.313 e. The van der Waals surface area contributed by atoms with Crippen LogP contribution in [0.3, 0.4) is 0 Å². The van der Waals surface area contributed by atoms with Gasteiger partial charge < -0.3 is 10.2 Å². The molecule has 0 bridgehead atoms. The lowest BCUT2D eigenvalue weighted by Gasteiger charge is -2.34. The molecule has 1 aliphatic rings. The second-order valence-electron chi connectivity index (χ2n) is 6.87. The number of likely N-dealkylation sites (N-methyl/N-ethyl adjacent to an activating group) is 1. The molecule has 108 valence electrons. The molecular formula is C16H28N2S. The number of hydrogen-bond acceptors (Lipinski definition) is 3. The summed E-state index contributed by atoms with van der Waals surface area (Å²) >= 11 is 1.87. The molecule has 0 radical (unpaired) electrons. The molecule has 1 unspecified atom stereocenters. The zero-order chi connectivity index (χ0) is 13.9. The maximum Gasteiger partial charge on any atom is 0.0112 e. The predicted molar refractivity (Wildman–Crippen MR) is 84.9 cm³/mol. The predicted octanol–water partition coefficient (Wildman–Crippen LogP) is 3.39. The van der Waals surface area contributed by atoms with Crippen molar-refractivity contribution >= 4 is 11.3 Å². The van der Waals surface area contributed by atoms with E-state index in [1.807, 2.05) is 11.3 Å². The minimum Gasteiger partial charge on any atom is -0.313 e. The van der Waals surface area contributed by atoms with Crippen molar-refractivity contribution in [1.82, 2.24) is 10.2 Å². The second-order valence-corrected chi connectivity index (χ2v) is 7.90. The molecule has 1 N–H and O–H groups in total. The Balaban J connectivity index is 1.75. The smallest absolute Gasteiger partial charge is 0.0112 e. The summed E-state index contributed by atoms with van der Waals surface area (Å²) in [7, 11) is 2.26. The quantitative estimate of drug-likeness (QED) is 0.785. The first-order valence-electron chi connectivity index (χ1n) is 7.42. The van der Waals surface area contributed by atoms with Crippen LogP contribution in [0.5, 0.6) is 0 Å². The highest BCUT2D eigenvalue weighted by Gasteiger charge is 2.27. The number of nitrogens with one attached hydrogen (secondary N) is 1. The average molecular weight is 280 g/mol. The molecule has 0 aromatic carbocycles. The van der Waals surface area contributed by atoms with Crippen LogP contribution in [0.4, 0.5) is 0 Å². The van der Waals surface area contributed by atoms with Gasteiger partial charge in [0.1, 0.15) is 0 Å². The Hall–Kier alpha value is -0.380. The van der Waals surface area contributed by atoms with E-state index in [9.17, 15) is 0 Å². The second kappa shape index (κ2) is 6.38. The zero-order valence-corrected chi connectivity index (χ0v) is 13.6. The molecule has 3 heteroatoms. The number of nitrogens with zero attached hydrogens (tertiary/aromatic N) is 1. The molecule has 1 fully saturated rings. The summed E-state index contributed by atoms with van der Waals surface area (Å²) < 4.78 is 0. The molecule has 0 spiro atoms. The first-order valence-corrected chi connectivity index (χ1v) is 8.30.